The Kier molecular flexibility index (Phi) is 5.85. The first kappa shape index (κ1) is 19.3. The quantitative estimate of drug-likeness (QED) is 0.633. The zero-order chi connectivity index (χ0) is 20.0. The Hall–Kier alpha value is -3.46. The molecule has 1 heterocycles. The summed E-state index contributed by atoms with van der Waals surface area (Å²) in [7, 11) is -3.83. The van der Waals surface area contributed by atoms with Gasteiger partial charge in [0.05, 0.1) is 4.90 Å². The van der Waals surface area contributed by atoms with Gasteiger partial charge >= 0.3 is 0 Å². The van der Waals surface area contributed by atoms with Gasteiger partial charge in [-0.3, -0.25) is 4.79 Å². The number of aromatic nitrogens is 2. The summed E-state index contributed by atoms with van der Waals surface area (Å²) in [5, 5.41) is 2.69. The highest BCUT2D eigenvalue weighted by Gasteiger charge is 2.17. The van der Waals surface area contributed by atoms with E-state index in [4.69, 9.17) is 4.74 Å². The van der Waals surface area contributed by atoms with Crippen molar-refractivity contribution in [3.05, 3.63) is 73.1 Å². The van der Waals surface area contributed by atoms with E-state index in [9.17, 15) is 13.2 Å². The summed E-state index contributed by atoms with van der Waals surface area (Å²) < 4.78 is 32.5. The Morgan fingerprint density at radius 1 is 0.964 bits per heavy atom. The van der Waals surface area contributed by atoms with Crippen LogP contribution in [0, 0.1) is 0 Å². The number of amides is 1. The molecule has 3 aromatic rings. The van der Waals surface area contributed by atoms with Crippen LogP contribution in [0.1, 0.15) is 6.92 Å². The van der Waals surface area contributed by atoms with Crippen molar-refractivity contribution >= 4 is 27.6 Å². The van der Waals surface area contributed by atoms with Crippen molar-refractivity contribution in [2.45, 2.75) is 17.9 Å². The van der Waals surface area contributed by atoms with Gasteiger partial charge in [-0.25, -0.2) is 23.1 Å². The molecular weight excluding hydrogens is 380 g/mol. The first-order chi connectivity index (χ1) is 13.4. The molecule has 0 saturated heterocycles. The van der Waals surface area contributed by atoms with Crippen LogP contribution in [0.3, 0.4) is 0 Å². The van der Waals surface area contributed by atoms with E-state index in [1.165, 1.54) is 36.7 Å². The van der Waals surface area contributed by atoms with E-state index in [1.54, 1.807) is 25.1 Å². The molecular formula is C19H18N4O4S. The minimum atomic E-state index is -3.83. The number of rotatable bonds is 7. The molecule has 2 N–H and O–H groups in total. The Morgan fingerprint density at radius 2 is 1.61 bits per heavy atom. The molecule has 1 aromatic heterocycles. The van der Waals surface area contributed by atoms with Crippen LogP contribution >= 0.6 is 0 Å². The minimum absolute atomic E-state index is 0.0199. The monoisotopic (exact) mass is 398 g/mol. The van der Waals surface area contributed by atoms with Gasteiger partial charge in [0.2, 0.25) is 5.95 Å². The van der Waals surface area contributed by atoms with Crippen LogP contribution in [-0.4, -0.2) is 30.4 Å². The second kappa shape index (κ2) is 8.49. The van der Waals surface area contributed by atoms with Crippen LogP contribution in [0.2, 0.25) is 0 Å². The molecule has 3 rings (SSSR count). The summed E-state index contributed by atoms with van der Waals surface area (Å²) in [6, 6.07) is 16.3. The van der Waals surface area contributed by atoms with Crippen LogP contribution in [0.25, 0.3) is 0 Å². The average Bonchev–Trinajstić information content (AvgIpc) is 2.69. The number of hydrogen-bond donors (Lipinski definition) is 2. The summed E-state index contributed by atoms with van der Waals surface area (Å²) in [5.74, 6) is 0.211. The zero-order valence-electron chi connectivity index (χ0n) is 14.9. The lowest BCUT2D eigenvalue weighted by Crippen LogP contribution is -2.30. The molecule has 0 saturated carbocycles. The van der Waals surface area contributed by atoms with E-state index in [-0.39, 0.29) is 16.8 Å². The van der Waals surface area contributed by atoms with E-state index >= 15 is 0 Å². The van der Waals surface area contributed by atoms with Crippen LogP contribution in [0.4, 0.5) is 11.6 Å². The van der Waals surface area contributed by atoms with Gasteiger partial charge in [0.15, 0.2) is 6.10 Å². The maximum absolute atomic E-state index is 12.3. The summed E-state index contributed by atoms with van der Waals surface area (Å²) in [5.41, 5.74) is 0.448. The van der Waals surface area contributed by atoms with Gasteiger partial charge in [-0.05, 0) is 49.4 Å². The molecule has 0 radical (unpaired) electrons. The maximum Gasteiger partial charge on any atom is 0.265 e. The van der Waals surface area contributed by atoms with Crippen molar-refractivity contribution in [1.82, 2.24) is 9.97 Å². The van der Waals surface area contributed by atoms with Crippen LogP contribution in [0.15, 0.2) is 78.0 Å². The Morgan fingerprint density at radius 3 is 2.25 bits per heavy atom. The number of hydrogen-bond acceptors (Lipinski definition) is 6. The zero-order valence-corrected chi connectivity index (χ0v) is 15.8. The van der Waals surface area contributed by atoms with Crippen LogP contribution in [0.5, 0.6) is 5.75 Å². The first-order valence-electron chi connectivity index (χ1n) is 8.36. The molecule has 1 amide bonds. The fourth-order valence-corrected chi connectivity index (χ4v) is 3.21. The number of carbonyl (C=O) groups is 1. The lowest BCUT2D eigenvalue weighted by molar-refractivity contribution is -0.122. The van der Waals surface area contributed by atoms with Gasteiger partial charge < -0.3 is 10.1 Å². The number of carbonyl (C=O) groups excluding carboxylic acids is 1. The SMILES string of the molecule is C[C@@H](Oc1ccccc1)C(=O)Nc1ccc(S(=O)(=O)Nc2ncccn2)cc1. The standard InChI is InChI=1S/C19H18N4O4S/c1-14(27-16-6-3-2-4-7-16)18(24)22-15-8-10-17(11-9-15)28(25,26)23-19-20-12-5-13-21-19/h2-14H,1H3,(H,22,24)(H,20,21,23)/t14-/m1/s1. The Labute approximate surface area is 162 Å². The van der Waals surface area contributed by atoms with E-state index < -0.39 is 16.1 Å². The molecule has 1 atom stereocenters. The van der Waals surface area contributed by atoms with Gasteiger partial charge in [0, 0.05) is 18.1 Å². The second-order valence-electron chi connectivity index (χ2n) is 5.76. The number of nitrogens with one attached hydrogen (secondary N) is 2. The van der Waals surface area contributed by atoms with Crippen molar-refractivity contribution in [2.24, 2.45) is 0 Å². The van der Waals surface area contributed by atoms with Gasteiger partial charge in [-0.1, -0.05) is 18.2 Å². The highest BCUT2D eigenvalue weighted by atomic mass is 32.2. The van der Waals surface area contributed by atoms with E-state index in [1.807, 2.05) is 18.2 Å². The lowest BCUT2D eigenvalue weighted by Gasteiger charge is -2.15. The van der Waals surface area contributed by atoms with Gasteiger partial charge in [-0.15, -0.1) is 0 Å². The molecule has 0 aliphatic heterocycles. The van der Waals surface area contributed by atoms with Gasteiger partial charge in [0.1, 0.15) is 5.75 Å². The molecule has 0 unspecified atom stereocenters. The molecule has 9 heteroatoms. The van der Waals surface area contributed by atoms with E-state index in [0.717, 1.165) is 0 Å². The smallest absolute Gasteiger partial charge is 0.265 e. The molecule has 28 heavy (non-hydrogen) atoms. The number of benzene rings is 2. The second-order valence-corrected chi connectivity index (χ2v) is 7.45. The maximum atomic E-state index is 12.3. The lowest BCUT2D eigenvalue weighted by atomic mass is 10.3. The molecule has 0 fully saturated rings. The molecule has 0 spiro atoms. The van der Waals surface area contributed by atoms with E-state index in [2.05, 4.69) is 20.0 Å². The minimum Gasteiger partial charge on any atom is -0.481 e. The predicted molar refractivity (Wildman–Crippen MR) is 104 cm³/mol. The third kappa shape index (κ3) is 5.04. The largest absolute Gasteiger partial charge is 0.481 e. The highest BCUT2D eigenvalue weighted by Crippen LogP contribution is 2.17. The third-order valence-electron chi connectivity index (χ3n) is 3.65. The first-order valence-corrected chi connectivity index (χ1v) is 9.85. The predicted octanol–water partition coefficient (Wildman–Crippen LogP) is 2.68. The molecule has 0 bridgehead atoms. The Bertz CT molecular complexity index is 1030. The summed E-state index contributed by atoms with van der Waals surface area (Å²) in [4.78, 5) is 19.9. The number of sulfonamides is 1. The fourth-order valence-electron chi connectivity index (χ4n) is 2.25. The van der Waals surface area contributed by atoms with Crippen molar-refractivity contribution < 1.29 is 17.9 Å². The van der Waals surface area contributed by atoms with Crippen molar-refractivity contribution in [2.75, 3.05) is 10.0 Å². The summed E-state index contributed by atoms with van der Waals surface area (Å²) in [6.07, 6.45) is 2.15. The Balaban J connectivity index is 1.63. The summed E-state index contributed by atoms with van der Waals surface area (Å²) in [6.45, 7) is 1.63. The third-order valence-corrected chi connectivity index (χ3v) is 4.99. The van der Waals surface area contributed by atoms with Crippen molar-refractivity contribution in [1.29, 1.82) is 0 Å². The topological polar surface area (TPSA) is 110 Å². The molecule has 0 aliphatic carbocycles. The van der Waals surface area contributed by atoms with Gasteiger partial charge in [-0.2, -0.15) is 0 Å². The number of nitrogens with zero attached hydrogens (tertiary/aromatic N) is 2. The number of anilines is 2. The molecule has 2 aromatic carbocycles. The van der Waals surface area contributed by atoms with Crippen molar-refractivity contribution in [3.63, 3.8) is 0 Å². The normalized spacial score (nSPS) is 12.0. The van der Waals surface area contributed by atoms with Crippen molar-refractivity contribution in [3.8, 4) is 5.75 Å². The number of ether oxygens (including phenoxy) is 1. The van der Waals surface area contributed by atoms with Gasteiger partial charge in [0.25, 0.3) is 15.9 Å². The van der Waals surface area contributed by atoms with Crippen LogP contribution in [-0.2, 0) is 14.8 Å². The molecule has 0 aliphatic rings. The summed E-state index contributed by atoms with van der Waals surface area (Å²) >= 11 is 0. The highest BCUT2D eigenvalue weighted by molar-refractivity contribution is 7.92. The fraction of sp³-hybridized carbons (Fsp3) is 0.105. The average molecular weight is 398 g/mol. The van der Waals surface area contributed by atoms with E-state index in [0.29, 0.717) is 11.4 Å². The molecule has 8 nitrogen and oxygen atoms in total. The molecule has 144 valence electrons. The number of para-hydroxylation sites is 1. The van der Waals surface area contributed by atoms with Crippen LogP contribution < -0.4 is 14.8 Å².